The predicted octanol–water partition coefficient (Wildman–Crippen LogP) is 3.08. The lowest BCUT2D eigenvalue weighted by atomic mass is 10.1. The standard InChI is InChI=1S/C18H20N2O2/c1-14-7-8-16(20-9-11-22-12-10-20)13-17(14)19-18(21)15-5-3-2-4-6-15/h2-8,13H,9-12H2,1H3,(H,19,21). The number of anilines is 2. The first kappa shape index (κ1) is 14.6. The number of hydrogen-bond acceptors (Lipinski definition) is 3. The second kappa shape index (κ2) is 6.62. The van der Waals surface area contributed by atoms with Gasteiger partial charge in [-0.15, -0.1) is 0 Å². The molecule has 3 rings (SSSR count). The Morgan fingerprint density at radius 3 is 2.55 bits per heavy atom. The molecule has 0 atom stereocenters. The molecule has 1 saturated heterocycles. The molecule has 0 radical (unpaired) electrons. The number of hydrogen-bond donors (Lipinski definition) is 1. The first-order valence-electron chi connectivity index (χ1n) is 7.54. The van der Waals surface area contributed by atoms with Gasteiger partial charge in [0.15, 0.2) is 0 Å². The molecule has 1 fully saturated rings. The van der Waals surface area contributed by atoms with Crippen LogP contribution in [0.2, 0.25) is 0 Å². The zero-order valence-electron chi connectivity index (χ0n) is 12.7. The smallest absolute Gasteiger partial charge is 0.255 e. The summed E-state index contributed by atoms with van der Waals surface area (Å²) in [5.41, 5.74) is 3.70. The second-order valence-electron chi connectivity index (χ2n) is 5.42. The molecule has 0 aliphatic carbocycles. The Hall–Kier alpha value is -2.33. The van der Waals surface area contributed by atoms with Crippen molar-refractivity contribution in [3.05, 3.63) is 59.7 Å². The molecule has 1 amide bonds. The van der Waals surface area contributed by atoms with Crippen molar-refractivity contribution in [2.45, 2.75) is 6.92 Å². The topological polar surface area (TPSA) is 41.6 Å². The molecular weight excluding hydrogens is 276 g/mol. The third-order valence-electron chi connectivity index (χ3n) is 3.88. The van der Waals surface area contributed by atoms with Crippen molar-refractivity contribution >= 4 is 17.3 Å². The summed E-state index contributed by atoms with van der Waals surface area (Å²) < 4.78 is 5.39. The second-order valence-corrected chi connectivity index (χ2v) is 5.42. The summed E-state index contributed by atoms with van der Waals surface area (Å²) in [5.74, 6) is -0.0807. The molecule has 0 spiro atoms. The number of carbonyl (C=O) groups excluding carboxylic acids is 1. The van der Waals surface area contributed by atoms with Gasteiger partial charge in [-0.25, -0.2) is 0 Å². The molecule has 22 heavy (non-hydrogen) atoms. The maximum absolute atomic E-state index is 12.3. The summed E-state index contributed by atoms with van der Waals surface area (Å²) >= 11 is 0. The number of benzene rings is 2. The number of morpholine rings is 1. The van der Waals surface area contributed by atoms with Crippen LogP contribution >= 0.6 is 0 Å². The van der Waals surface area contributed by atoms with Gasteiger partial charge in [-0.05, 0) is 36.8 Å². The largest absolute Gasteiger partial charge is 0.378 e. The van der Waals surface area contributed by atoms with Gasteiger partial charge in [0.25, 0.3) is 5.91 Å². The number of carbonyl (C=O) groups is 1. The number of aryl methyl sites for hydroxylation is 1. The molecule has 4 heteroatoms. The van der Waals surface area contributed by atoms with Crippen LogP contribution < -0.4 is 10.2 Å². The van der Waals surface area contributed by atoms with Gasteiger partial charge >= 0.3 is 0 Å². The Kier molecular flexibility index (Phi) is 4.39. The van der Waals surface area contributed by atoms with Crippen molar-refractivity contribution in [2.75, 3.05) is 36.5 Å². The lowest BCUT2D eigenvalue weighted by Gasteiger charge is -2.29. The molecule has 2 aromatic rings. The van der Waals surface area contributed by atoms with Crippen molar-refractivity contribution in [2.24, 2.45) is 0 Å². The maximum atomic E-state index is 12.3. The van der Waals surface area contributed by atoms with Crippen LogP contribution in [0.3, 0.4) is 0 Å². The molecular formula is C18H20N2O2. The minimum Gasteiger partial charge on any atom is -0.378 e. The highest BCUT2D eigenvalue weighted by atomic mass is 16.5. The zero-order valence-corrected chi connectivity index (χ0v) is 12.7. The van der Waals surface area contributed by atoms with Gasteiger partial charge in [-0.1, -0.05) is 24.3 Å². The van der Waals surface area contributed by atoms with E-state index in [1.54, 1.807) is 0 Å². The van der Waals surface area contributed by atoms with E-state index in [1.165, 1.54) is 0 Å². The lowest BCUT2D eigenvalue weighted by Crippen LogP contribution is -2.36. The van der Waals surface area contributed by atoms with E-state index in [-0.39, 0.29) is 5.91 Å². The Labute approximate surface area is 130 Å². The first-order chi connectivity index (χ1) is 10.7. The molecule has 4 nitrogen and oxygen atoms in total. The van der Waals surface area contributed by atoms with Gasteiger partial charge in [0.05, 0.1) is 13.2 Å². The third-order valence-corrected chi connectivity index (χ3v) is 3.88. The number of nitrogens with one attached hydrogen (secondary N) is 1. The molecule has 1 aliphatic rings. The highest BCUT2D eigenvalue weighted by molar-refractivity contribution is 6.04. The Morgan fingerprint density at radius 2 is 1.82 bits per heavy atom. The van der Waals surface area contributed by atoms with Crippen LogP contribution in [-0.2, 0) is 4.74 Å². The number of ether oxygens (including phenoxy) is 1. The first-order valence-corrected chi connectivity index (χ1v) is 7.54. The molecule has 0 unspecified atom stereocenters. The number of rotatable bonds is 3. The van der Waals surface area contributed by atoms with E-state index < -0.39 is 0 Å². The summed E-state index contributed by atoms with van der Waals surface area (Å²) in [5, 5.41) is 3.01. The average Bonchev–Trinajstić information content (AvgIpc) is 2.58. The van der Waals surface area contributed by atoms with Crippen molar-refractivity contribution < 1.29 is 9.53 Å². The fourth-order valence-corrected chi connectivity index (χ4v) is 2.55. The SMILES string of the molecule is Cc1ccc(N2CCOCC2)cc1NC(=O)c1ccccc1. The quantitative estimate of drug-likeness (QED) is 0.946. The van der Waals surface area contributed by atoms with E-state index in [0.717, 1.165) is 43.2 Å². The highest BCUT2D eigenvalue weighted by Crippen LogP contribution is 2.24. The average molecular weight is 296 g/mol. The molecule has 1 aliphatic heterocycles. The van der Waals surface area contributed by atoms with E-state index in [2.05, 4.69) is 16.3 Å². The fraction of sp³-hybridized carbons (Fsp3) is 0.278. The van der Waals surface area contributed by atoms with Gasteiger partial charge in [0, 0.05) is 30.0 Å². The van der Waals surface area contributed by atoms with Gasteiger partial charge in [0.2, 0.25) is 0 Å². The van der Waals surface area contributed by atoms with E-state index in [9.17, 15) is 4.79 Å². The minimum absolute atomic E-state index is 0.0807. The normalized spacial score (nSPS) is 14.7. The third kappa shape index (κ3) is 3.28. The monoisotopic (exact) mass is 296 g/mol. The zero-order chi connectivity index (χ0) is 15.4. The molecule has 0 bridgehead atoms. The maximum Gasteiger partial charge on any atom is 0.255 e. The van der Waals surface area contributed by atoms with Crippen molar-refractivity contribution in [1.29, 1.82) is 0 Å². The predicted molar refractivity (Wildman–Crippen MR) is 88.6 cm³/mol. The molecule has 1 heterocycles. The Morgan fingerprint density at radius 1 is 1.09 bits per heavy atom. The summed E-state index contributed by atoms with van der Waals surface area (Å²) in [6, 6.07) is 15.5. The lowest BCUT2D eigenvalue weighted by molar-refractivity contribution is 0.102. The van der Waals surface area contributed by atoms with E-state index >= 15 is 0 Å². The van der Waals surface area contributed by atoms with E-state index in [4.69, 9.17) is 4.74 Å². The van der Waals surface area contributed by atoms with Gasteiger partial charge in [-0.2, -0.15) is 0 Å². The van der Waals surface area contributed by atoms with Gasteiger partial charge < -0.3 is 15.0 Å². The van der Waals surface area contributed by atoms with Gasteiger partial charge in [-0.3, -0.25) is 4.79 Å². The fourth-order valence-electron chi connectivity index (χ4n) is 2.55. The van der Waals surface area contributed by atoms with Crippen LogP contribution in [0.15, 0.2) is 48.5 Å². The van der Waals surface area contributed by atoms with Crippen molar-refractivity contribution in [1.82, 2.24) is 0 Å². The molecule has 1 N–H and O–H groups in total. The van der Waals surface area contributed by atoms with Crippen LogP contribution in [0.4, 0.5) is 11.4 Å². The Bertz CT molecular complexity index is 649. The summed E-state index contributed by atoms with van der Waals surface area (Å²) in [6.45, 7) is 5.27. The highest BCUT2D eigenvalue weighted by Gasteiger charge is 2.13. The van der Waals surface area contributed by atoms with Crippen LogP contribution in [0, 0.1) is 6.92 Å². The van der Waals surface area contributed by atoms with Crippen molar-refractivity contribution in [3.8, 4) is 0 Å². The van der Waals surface area contributed by atoms with Gasteiger partial charge in [0.1, 0.15) is 0 Å². The number of amides is 1. The number of nitrogens with zero attached hydrogens (tertiary/aromatic N) is 1. The summed E-state index contributed by atoms with van der Waals surface area (Å²) in [7, 11) is 0. The summed E-state index contributed by atoms with van der Waals surface area (Å²) in [4.78, 5) is 14.6. The van der Waals surface area contributed by atoms with Crippen LogP contribution in [0.5, 0.6) is 0 Å². The molecule has 2 aromatic carbocycles. The molecule has 0 saturated carbocycles. The van der Waals surface area contributed by atoms with Crippen LogP contribution in [0.25, 0.3) is 0 Å². The van der Waals surface area contributed by atoms with Crippen LogP contribution in [0.1, 0.15) is 15.9 Å². The molecule has 114 valence electrons. The van der Waals surface area contributed by atoms with Crippen LogP contribution in [-0.4, -0.2) is 32.2 Å². The summed E-state index contributed by atoms with van der Waals surface area (Å²) in [6.07, 6.45) is 0. The van der Waals surface area contributed by atoms with Crippen molar-refractivity contribution in [3.63, 3.8) is 0 Å². The Balaban J connectivity index is 1.79. The van der Waals surface area contributed by atoms with E-state index in [0.29, 0.717) is 5.56 Å². The van der Waals surface area contributed by atoms with E-state index in [1.807, 2.05) is 49.4 Å². The molecule has 0 aromatic heterocycles. The minimum atomic E-state index is -0.0807.